The van der Waals surface area contributed by atoms with Crippen LogP contribution in [0.15, 0.2) is 22.7 Å². The van der Waals surface area contributed by atoms with Crippen LogP contribution in [0.1, 0.15) is 31.1 Å². The molecular weight excluding hydrogens is 351 g/mol. The quantitative estimate of drug-likeness (QED) is 0.762. The number of piperazine rings is 1. The fourth-order valence-electron chi connectivity index (χ4n) is 2.42. The molecule has 2 rings (SSSR count). The summed E-state index contributed by atoms with van der Waals surface area (Å²) in [5.74, 6) is -0.429. The molecule has 0 aliphatic carbocycles. The van der Waals surface area contributed by atoms with E-state index in [1.54, 1.807) is 9.80 Å². The normalized spacial score (nSPS) is 15.9. The monoisotopic (exact) mass is 370 g/mol. The average molecular weight is 371 g/mol. The highest BCUT2D eigenvalue weighted by Crippen LogP contribution is 2.22. The van der Waals surface area contributed by atoms with Crippen molar-refractivity contribution in [3.05, 3.63) is 34.1 Å². The standard InChI is InChI=1S/C16H20BrFN2O2/c1-16(2,3)15(22)20-8-6-19(7-9-20)14(21)12-5-4-11(18)10-13(12)17/h4-5,10H,6-9H2,1-3H3. The van der Waals surface area contributed by atoms with Crippen LogP contribution in [-0.2, 0) is 4.79 Å². The van der Waals surface area contributed by atoms with Crippen molar-refractivity contribution in [3.8, 4) is 0 Å². The summed E-state index contributed by atoms with van der Waals surface area (Å²) in [6.45, 7) is 7.71. The fourth-order valence-corrected chi connectivity index (χ4v) is 2.94. The van der Waals surface area contributed by atoms with Gasteiger partial charge in [0.1, 0.15) is 5.82 Å². The van der Waals surface area contributed by atoms with Crippen molar-refractivity contribution in [2.75, 3.05) is 26.2 Å². The zero-order chi connectivity index (χ0) is 16.5. The summed E-state index contributed by atoms with van der Waals surface area (Å²) in [4.78, 5) is 28.2. The number of hydrogen-bond donors (Lipinski definition) is 0. The maximum absolute atomic E-state index is 13.1. The van der Waals surface area contributed by atoms with Gasteiger partial charge in [0.2, 0.25) is 5.91 Å². The molecular formula is C16H20BrFN2O2. The Morgan fingerprint density at radius 2 is 1.64 bits per heavy atom. The molecule has 2 amide bonds. The molecule has 0 atom stereocenters. The number of carbonyl (C=O) groups excluding carboxylic acids is 2. The number of rotatable bonds is 1. The van der Waals surface area contributed by atoms with E-state index in [1.165, 1.54) is 18.2 Å². The first-order chi connectivity index (χ1) is 10.2. The van der Waals surface area contributed by atoms with Gasteiger partial charge in [0, 0.05) is 36.1 Å². The molecule has 0 saturated carbocycles. The molecule has 1 saturated heterocycles. The first-order valence-electron chi connectivity index (χ1n) is 7.24. The average Bonchev–Trinajstić information content (AvgIpc) is 2.45. The zero-order valence-electron chi connectivity index (χ0n) is 13.0. The zero-order valence-corrected chi connectivity index (χ0v) is 14.6. The van der Waals surface area contributed by atoms with E-state index in [1.807, 2.05) is 20.8 Å². The molecule has 0 unspecified atom stereocenters. The second-order valence-corrected chi connectivity index (χ2v) is 7.31. The highest BCUT2D eigenvalue weighted by molar-refractivity contribution is 9.10. The lowest BCUT2D eigenvalue weighted by atomic mass is 9.94. The van der Waals surface area contributed by atoms with Crippen molar-refractivity contribution in [1.82, 2.24) is 9.80 Å². The van der Waals surface area contributed by atoms with Gasteiger partial charge in [0.05, 0.1) is 5.56 Å². The number of benzene rings is 1. The van der Waals surface area contributed by atoms with E-state index >= 15 is 0 Å². The lowest BCUT2D eigenvalue weighted by Gasteiger charge is -2.37. The van der Waals surface area contributed by atoms with Crippen molar-refractivity contribution in [3.63, 3.8) is 0 Å². The maximum atomic E-state index is 13.1. The SMILES string of the molecule is CC(C)(C)C(=O)N1CCN(C(=O)c2ccc(F)cc2Br)CC1. The third kappa shape index (κ3) is 3.66. The summed E-state index contributed by atoms with van der Waals surface area (Å²) in [6, 6.07) is 4.04. The van der Waals surface area contributed by atoms with Gasteiger partial charge in [-0.25, -0.2) is 4.39 Å². The van der Waals surface area contributed by atoms with Crippen LogP contribution in [0.25, 0.3) is 0 Å². The van der Waals surface area contributed by atoms with Crippen molar-refractivity contribution >= 4 is 27.7 Å². The van der Waals surface area contributed by atoms with Crippen LogP contribution in [0.4, 0.5) is 4.39 Å². The van der Waals surface area contributed by atoms with E-state index in [9.17, 15) is 14.0 Å². The molecule has 0 bridgehead atoms. The van der Waals surface area contributed by atoms with E-state index in [-0.39, 0.29) is 17.6 Å². The van der Waals surface area contributed by atoms with E-state index in [0.717, 1.165) is 0 Å². The first-order valence-corrected chi connectivity index (χ1v) is 8.03. The lowest BCUT2D eigenvalue weighted by Crippen LogP contribution is -2.53. The molecule has 120 valence electrons. The Bertz CT molecular complexity index is 590. The Labute approximate surface area is 138 Å². The predicted octanol–water partition coefficient (Wildman–Crippen LogP) is 2.92. The third-order valence-corrected chi connectivity index (χ3v) is 4.31. The summed E-state index contributed by atoms with van der Waals surface area (Å²) in [6.07, 6.45) is 0. The van der Waals surface area contributed by atoms with Crippen molar-refractivity contribution in [1.29, 1.82) is 0 Å². The minimum atomic E-state index is -0.411. The van der Waals surface area contributed by atoms with Gasteiger partial charge in [-0.1, -0.05) is 20.8 Å². The summed E-state index contributed by atoms with van der Waals surface area (Å²) < 4.78 is 13.6. The largest absolute Gasteiger partial charge is 0.339 e. The van der Waals surface area contributed by atoms with Crippen molar-refractivity contribution in [2.45, 2.75) is 20.8 Å². The summed E-state index contributed by atoms with van der Waals surface area (Å²) in [5.41, 5.74) is 0.0311. The minimum absolute atomic E-state index is 0.0996. The second-order valence-electron chi connectivity index (χ2n) is 6.46. The van der Waals surface area contributed by atoms with Gasteiger partial charge in [-0.2, -0.15) is 0 Å². The molecule has 1 aliphatic rings. The molecule has 1 fully saturated rings. The van der Waals surface area contributed by atoms with Gasteiger partial charge < -0.3 is 9.80 Å². The van der Waals surface area contributed by atoms with Gasteiger partial charge in [-0.05, 0) is 34.1 Å². The highest BCUT2D eigenvalue weighted by atomic mass is 79.9. The Kier molecular flexibility index (Phi) is 4.90. The third-order valence-electron chi connectivity index (χ3n) is 3.66. The number of amides is 2. The fraction of sp³-hybridized carbons (Fsp3) is 0.500. The van der Waals surface area contributed by atoms with Gasteiger partial charge in [0.25, 0.3) is 5.91 Å². The molecule has 4 nitrogen and oxygen atoms in total. The summed E-state index contributed by atoms with van der Waals surface area (Å²) >= 11 is 3.22. The Balaban J connectivity index is 2.02. The Hall–Kier alpha value is -1.43. The van der Waals surface area contributed by atoms with Crippen molar-refractivity contribution in [2.24, 2.45) is 5.41 Å². The van der Waals surface area contributed by atoms with Crippen LogP contribution in [0.2, 0.25) is 0 Å². The Morgan fingerprint density at radius 1 is 1.09 bits per heavy atom. The molecule has 0 spiro atoms. The summed E-state index contributed by atoms with van der Waals surface area (Å²) in [5, 5.41) is 0. The molecule has 0 aromatic heterocycles. The molecule has 0 N–H and O–H groups in total. The van der Waals surface area contributed by atoms with E-state index < -0.39 is 5.41 Å². The van der Waals surface area contributed by atoms with E-state index in [2.05, 4.69) is 15.9 Å². The smallest absolute Gasteiger partial charge is 0.255 e. The number of halogens is 2. The van der Waals surface area contributed by atoms with E-state index in [0.29, 0.717) is 36.2 Å². The van der Waals surface area contributed by atoms with Gasteiger partial charge in [-0.3, -0.25) is 9.59 Å². The Morgan fingerprint density at radius 3 is 2.14 bits per heavy atom. The first kappa shape index (κ1) is 16.9. The minimum Gasteiger partial charge on any atom is -0.339 e. The number of carbonyl (C=O) groups is 2. The number of nitrogens with zero attached hydrogens (tertiary/aromatic N) is 2. The van der Waals surface area contributed by atoms with E-state index in [4.69, 9.17) is 0 Å². The predicted molar refractivity (Wildman–Crippen MR) is 86.0 cm³/mol. The summed E-state index contributed by atoms with van der Waals surface area (Å²) in [7, 11) is 0. The maximum Gasteiger partial charge on any atom is 0.255 e. The van der Waals surface area contributed by atoms with Crippen molar-refractivity contribution < 1.29 is 14.0 Å². The van der Waals surface area contributed by atoms with Crippen LogP contribution in [0.3, 0.4) is 0 Å². The number of hydrogen-bond acceptors (Lipinski definition) is 2. The second kappa shape index (κ2) is 6.36. The van der Waals surface area contributed by atoms with Crippen LogP contribution < -0.4 is 0 Å². The van der Waals surface area contributed by atoms with Crippen LogP contribution in [-0.4, -0.2) is 47.8 Å². The molecule has 22 heavy (non-hydrogen) atoms. The molecule has 1 aromatic rings. The van der Waals surface area contributed by atoms with Gasteiger partial charge in [-0.15, -0.1) is 0 Å². The van der Waals surface area contributed by atoms with Gasteiger partial charge in [0.15, 0.2) is 0 Å². The van der Waals surface area contributed by atoms with Crippen LogP contribution >= 0.6 is 15.9 Å². The topological polar surface area (TPSA) is 40.6 Å². The lowest BCUT2D eigenvalue weighted by molar-refractivity contribution is -0.140. The van der Waals surface area contributed by atoms with Crippen LogP contribution in [0, 0.1) is 11.2 Å². The molecule has 1 aromatic carbocycles. The molecule has 0 radical (unpaired) electrons. The molecule has 1 aliphatic heterocycles. The van der Waals surface area contributed by atoms with Crippen LogP contribution in [0.5, 0.6) is 0 Å². The molecule has 1 heterocycles. The van der Waals surface area contributed by atoms with Gasteiger partial charge >= 0.3 is 0 Å². The molecule has 6 heteroatoms. The highest BCUT2D eigenvalue weighted by Gasteiger charge is 2.31.